The third-order valence-electron chi connectivity index (χ3n) is 3.09. The molecule has 0 atom stereocenters. The number of amides is 1. The van der Waals surface area contributed by atoms with Gasteiger partial charge in [-0.15, -0.1) is 0 Å². The lowest BCUT2D eigenvalue weighted by atomic mass is 10.0. The lowest BCUT2D eigenvalue weighted by molar-refractivity contribution is 0.0965. The molecule has 0 unspecified atom stereocenters. The van der Waals surface area contributed by atoms with E-state index in [1.165, 1.54) is 11.8 Å². The minimum Gasteiger partial charge on any atom is -0.496 e. The standard InChI is InChI=1S/C18H25NO2S/c1-6-8-17(22-11-7-2)19-18(20)15-10-9-14(13(3)4)12-16(15)21-5/h7-13H,6H2,1-5H3,(H,19,20)/b11-7-,17-8+. The molecule has 1 aromatic carbocycles. The number of benzene rings is 1. The Morgan fingerprint density at radius 1 is 1.41 bits per heavy atom. The molecule has 0 fully saturated rings. The highest BCUT2D eigenvalue weighted by Gasteiger charge is 2.14. The van der Waals surface area contributed by atoms with Gasteiger partial charge in [-0.3, -0.25) is 4.79 Å². The summed E-state index contributed by atoms with van der Waals surface area (Å²) in [5.41, 5.74) is 1.70. The number of hydrogen-bond donors (Lipinski definition) is 1. The molecule has 0 aliphatic heterocycles. The van der Waals surface area contributed by atoms with Crippen LogP contribution in [0.15, 0.2) is 40.8 Å². The van der Waals surface area contributed by atoms with Crippen LogP contribution in [-0.4, -0.2) is 13.0 Å². The van der Waals surface area contributed by atoms with Crippen LogP contribution in [0.2, 0.25) is 0 Å². The zero-order valence-corrected chi connectivity index (χ0v) is 14.8. The number of ether oxygens (including phenoxy) is 1. The molecule has 1 N–H and O–H groups in total. The molecule has 0 aromatic heterocycles. The second-order valence-corrected chi connectivity index (χ2v) is 6.08. The minimum absolute atomic E-state index is 0.149. The monoisotopic (exact) mass is 319 g/mol. The fourth-order valence-corrected chi connectivity index (χ4v) is 2.59. The summed E-state index contributed by atoms with van der Waals surface area (Å²) in [4.78, 5) is 12.5. The molecule has 0 heterocycles. The van der Waals surface area contributed by atoms with E-state index in [0.717, 1.165) is 17.0 Å². The van der Waals surface area contributed by atoms with Crippen LogP contribution in [0.25, 0.3) is 0 Å². The highest BCUT2D eigenvalue weighted by atomic mass is 32.2. The van der Waals surface area contributed by atoms with Gasteiger partial charge in [-0.25, -0.2) is 0 Å². The zero-order chi connectivity index (χ0) is 16.5. The lowest BCUT2D eigenvalue weighted by Crippen LogP contribution is -2.22. The number of carbonyl (C=O) groups is 1. The van der Waals surface area contributed by atoms with Gasteiger partial charge in [-0.2, -0.15) is 0 Å². The van der Waals surface area contributed by atoms with E-state index in [0.29, 0.717) is 17.2 Å². The van der Waals surface area contributed by atoms with Crippen LogP contribution in [0, 0.1) is 0 Å². The number of nitrogens with one attached hydrogen (secondary N) is 1. The number of carbonyl (C=O) groups excluding carboxylic acids is 1. The fourth-order valence-electron chi connectivity index (χ4n) is 1.89. The van der Waals surface area contributed by atoms with Gasteiger partial charge in [0, 0.05) is 0 Å². The predicted molar refractivity (Wildman–Crippen MR) is 95.3 cm³/mol. The first-order chi connectivity index (χ1) is 10.5. The van der Waals surface area contributed by atoms with Crippen molar-refractivity contribution in [1.29, 1.82) is 0 Å². The van der Waals surface area contributed by atoms with Crippen molar-refractivity contribution < 1.29 is 9.53 Å². The Bertz CT molecular complexity index is 562. The molecule has 0 spiro atoms. The van der Waals surface area contributed by atoms with Crippen LogP contribution in [-0.2, 0) is 0 Å². The van der Waals surface area contributed by atoms with Gasteiger partial charge >= 0.3 is 0 Å². The second-order valence-electron chi connectivity index (χ2n) is 5.13. The molecule has 22 heavy (non-hydrogen) atoms. The van der Waals surface area contributed by atoms with E-state index < -0.39 is 0 Å². The number of methoxy groups -OCH3 is 1. The van der Waals surface area contributed by atoms with E-state index in [9.17, 15) is 4.79 Å². The van der Waals surface area contributed by atoms with Crippen molar-refractivity contribution >= 4 is 17.7 Å². The molecular formula is C18H25NO2S. The van der Waals surface area contributed by atoms with Crippen molar-refractivity contribution in [1.82, 2.24) is 5.32 Å². The van der Waals surface area contributed by atoms with Crippen LogP contribution in [0.4, 0.5) is 0 Å². The smallest absolute Gasteiger partial charge is 0.259 e. The first-order valence-corrected chi connectivity index (χ1v) is 8.38. The van der Waals surface area contributed by atoms with E-state index in [4.69, 9.17) is 4.74 Å². The van der Waals surface area contributed by atoms with E-state index >= 15 is 0 Å². The molecule has 0 aliphatic rings. The Balaban J connectivity index is 2.99. The van der Waals surface area contributed by atoms with Gasteiger partial charge in [0.05, 0.1) is 17.7 Å². The van der Waals surface area contributed by atoms with Gasteiger partial charge in [-0.05, 0) is 42.4 Å². The molecule has 1 aromatic rings. The third-order valence-corrected chi connectivity index (χ3v) is 4.03. The topological polar surface area (TPSA) is 38.3 Å². The summed E-state index contributed by atoms with van der Waals surface area (Å²) in [6.07, 6.45) is 4.81. The van der Waals surface area contributed by atoms with Gasteiger partial charge in [0.1, 0.15) is 5.75 Å². The van der Waals surface area contributed by atoms with Crippen LogP contribution >= 0.6 is 11.8 Å². The van der Waals surface area contributed by atoms with E-state index in [1.54, 1.807) is 7.11 Å². The summed E-state index contributed by atoms with van der Waals surface area (Å²) >= 11 is 1.50. The zero-order valence-electron chi connectivity index (χ0n) is 14.0. The van der Waals surface area contributed by atoms with Crippen molar-refractivity contribution in [3.8, 4) is 5.75 Å². The van der Waals surface area contributed by atoms with Gasteiger partial charge in [0.25, 0.3) is 5.91 Å². The first-order valence-electron chi connectivity index (χ1n) is 7.50. The van der Waals surface area contributed by atoms with Crippen LogP contribution < -0.4 is 10.1 Å². The number of hydrogen-bond acceptors (Lipinski definition) is 3. The number of thioether (sulfide) groups is 1. The molecule has 1 amide bonds. The molecule has 0 saturated carbocycles. The van der Waals surface area contributed by atoms with Crippen LogP contribution in [0.3, 0.4) is 0 Å². The highest BCUT2D eigenvalue weighted by molar-refractivity contribution is 8.05. The van der Waals surface area contributed by atoms with Gasteiger partial charge in [-0.1, -0.05) is 50.8 Å². The van der Waals surface area contributed by atoms with Crippen molar-refractivity contribution in [3.63, 3.8) is 0 Å². The maximum Gasteiger partial charge on any atom is 0.259 e. The second kappa shape index (κ2) is 9.36. The molecule has 120 valence electrons. The number of rotatable bonds is 7. The minimum atomic E-state index is -0.149. The van der Waals surface area contributed by atoms with Crippen LogP contribution in [0.5, 0.6) is 5.75 Å². The van der Waals surface area contributed by atoms with Gasteiger partial charge in [0.15, 0.2) is 0 Å². The predicted octanol–water partition coefficient (Wildman–Crippen LogP) is 5.07. The molecular weight excluding hydrogens is 294 g/mol. The average Bonchev–Trinajstić information content (AvgIpc) is 2.51. The summed E-state index contributed by atoms with van der Waals surface area (Å²) in [6.45, 7) is 8.22. The van der Waals surface area contributed by atoms with E-state index in [2.05, 4.69) is 19.2 Å². The SMILES string of the molecule is C/C=C\S/C(=C/CC)NC(=O)c1ccc(C(C)C)cc1OC. The largest absolute Gasteiger partial charge is 0.496 e. The molecule has 0 radical (unpaired) electrons. The van der Waals surface area contributed by atoms with Crippen molar-refractivity contribution in [2.75, 3.05) is 7.11 Å². The lowest BCUT2D eigenvalue weighted by Gasteiger charge is -2.13. The normalized spacial score (nSPS) is 12.0. The quantitative estimate of drug-likeness (QED) is 0.763. The van der Waals surface area contributed by atoms with Crippen molar-refractivity contribution in [2.45, 2.75) is 40.0 Å². The summed E-state index contributed by atoms with van der Waals surface area (Å²) in [5.74, 6) is 0.853. The number of allylic oxidation sites excluding steroid dienone is 2. The third kappa shape index (κ3) is 5.26. The summed E-state index contributed by atoms with van der Waals surface area (Å²) < 4.78 is 5.38. The Labute approximate surface area is 137 Å². The Kier molecular flexibility index (Phi) is 7.82. The molecule has 4 heteroatoms. The van der Waals surface area contributed by atoms with Crippen molar-refractivity contribution in [2.24, 2.45) is 0 Å². The fraction of sp³-hybridized carbons (Fsp3) is 0.389. The molecule has 0 saturated heterocycles. The summed E-state index contributed by atoms with van der Waals surface area (Å²) in [7, 11) is 1.59. The van der Waals surface area contributed by atoms with E-state index in [-0.39, 0.29) is 5.91 Å². The molecule has 3 nitrogen and oxygen atoms in total. The maximum absolute atomic E-state index is 12.5. The maximum atomic E-state index is 12.5. The first kappa shape index (κ1) is 18.4. The highest BCUT2D eigenvalue weighted by Crippen LogP contribution is 2.25. The van der Waals surface area contributed by atoms with Gasteiger partial charge < -0.3 is 10.1 Å². The Morgan fingerprint density at radius 3 is 2.68 bits per heavy atom. The summed E-state index contributed by atoms with van der Waals surface area (Å²) in [5, 5.41) is 5.73. The van der Waals surface area contributed by atoms with Gasteiger partial charge in [0.2, 0.25) is 0 Å². The molecule has 1 rings (SSSR count). The molecule has 0 bridgehead atoms. The Morgan fingerprint density at radius 2 is 2.14 bits per heavy atom. The van der Waals surface area contributed by atoms with E-state index in [1.807, 2.05) is 49.6 Å². The summed E-state index contributed by atoms with van der Waals surface area (Å²) in [6, 6.07) is 5.74. The van der Waals surface area contributed by atoms with Crippen LogP contribution in [0.1, 0.15) is 56.0 Å². The van der Waals surface area contributed by atoms with Crippen molar-refractivity contribution in [3.05, 3.63) is 51.9 Å². The molecule has 0 aliphatic carbocycles. The Hall–Kier alpha value is -1.68. The average molecular weight is 319 g/mol.